The molecule has 4 rings (SSSR count). The molecule has 6 heteroatoms. The average molecular weight is 378 g/mol. The van der Waals surface area contributed by atoms with Crippen molar-refractivity contribution in [2.24, 2.45) is 5.92 Å². The van der Waals surface area contributed by atoms with E-state index in [0.29, 0.717) is 22.9 Å². The molecule has 0 aliphatic carbocycles. The summed E-state index contributed by atoms with van der Waals surface area (Å²) in [6, 6.07) is 11.1. The van der Waals surface area contributed by atoms with E-state index in [0.717, 1.165) is 45.4 Å². The summed E-state index contributed by atoms with van der Waals surface area (Å²) in [4.78, 5) is 31.1. The maximum absolute atomic E-state index is 12.6. The fourth-order valence-electron chi connectivity index (χ4n) is 3.94. The molecule has 2 aliphatic heterocycles. The van der Waals surface area contributed by atoms with Crippen molar-refractivity contribution in [2.75, 3.05) is 31.5 Å². The first-order chi connectivity index (χ1) is 13.7. The topological polar surface area (TPSA) is 74.3 Å². The van der Waals surface area contributed by atoms with Crippen molar-refractivity contribution >= 4 is 17.6 Å². The molecule has 2 aromatic rings. The van der Waals surface area contributed by atoms with Gasteiger partial charge in [0.25, 0.3) is 11.8 Å². The predicted molar refractivity (Wildman–Crippen MR) is 108 cm³/mol. The van der Waals surface area contributed by atoms with Gasteiger partial charge in [0.2, 0.25) is 0 Å². The van der Waals surface area contributed by atoms with Crippen LogP contribution in [0.2, 0.25) is 0 Å². The van der Waals surface area contributed by atoms with Crippen LogP contribution in [-0.2, 0) is 6.42 Å². The van der Waals surface area contributed by atoms with Gasteiger partial charge in [0.05, 0.1) is 0 Å². The number of amides is 2. The second-order valence-corrected chi connectivity index (χ2v) is 7.64. The van der Waals surface area contributed by atoms with Gasteiger partial charge in [-0.05, 0) is 74.5 Å². The molecule has 0 saturated carbocycles. The Balaban J connectivity index is 1.39. The van der Waals surface area contributed by atoms with E-state index in [1.54, 1.807) is 18.3 Å². The van der Waals surface area contributed by atoms with Crippen LogP contribution in [0.15, 0.2) is 42.6 Å². The molecular formula is C22H26N4O2. The van der Waals surface area contributed by atoms with Crippen molar-refractivity contribution in [1.29, 1.82) is 0 Å². The number of pyridine rings is 1. The molecule has 0 spiro atoms. The maximum atomic E-state index is 12.6. The Hall–Kier alpha value is -2.73. The van der Waals surface area contributed by atoms with Crippen molar-refractivity contribution in [3.05, 3.63) is 59.3 Å². The van der Waals surface area contributed by atoms with Crippen molar-refractivity contribution in [2.45, 2.75) is 25.7 Å². The quantitative estimate of drug-likeness (QED) is 0.839. The minimum Gasteiger partial charge on any atom is -0.339 e. The van der Waals surface area contributed by atoms with Crippen LogP contribution in [-0.4, -0.2) is 47.9 Å². The maximum Gasteiger partial charge on any atom is 0.256 e. The normalized spacial score (nSPS) is 19.0. The van der Waals surface area contributed by atoms with Crippen LogP contribution in [0.1, 0.15) is 45.5 Å². The number of hydrogen-bond acceptors (Lipinski definition) is 4. The number of hydrogen-bond donors (Lipinski definition) is 2. The van der Waals surface area contributed by atoms with Crippen LogP contribution in [0.3, 0.4) is 0 Å². The van der Waals surface area contributed by atoms with Gasteiger partial charge in [-0.2, -0.15) is 0 Å². The third-order valence-electron chi connectivity index (χ3n) is 5.54. The Morgan fingerprint density at radius 1 is 1.11 bits per heavy atom. The first-order valence-corrected chi connectivity index (χ1v) is 10.1. The smallest absolute Gasteiger partial charge is 0.256 e. The molecule has 2 aliphatic rings. The number of nitrogens with one attached hydrogen (secondary N) is 2. The molecule has 28 heavy (non-hydrogen) atoms. The Bertz CT molecular complexity index is 838. The van der Waals surface area contributed by atoms with E-state index in [-0.39, 0.29) is 11.8 Å². The van der Waals surface area contributed by atoms with Crippen LogP contribution in [0.4, 0.5) is 5.82 Å². The second kappa shape index (κ2) is 8.52. The van der Waals surface area contributed by atoms with E-state index in [9.17, 15) is 9.59 Å². The van der Waals surface area contributed by atoms with Gasteiger partial charge in [0.15, 0.2) is 0 Å². The van der Waals surface area contributed by atoms with Crippen LogP contribution in [0, 0.1) is 5.92 Å². The number of nitrogens with zero attached hydrogens (tertiary/aromatic N) is 2. The number of anilines is 1. The minimum absolute atomic E-state index is 0.00107. The van der Waals surface area contributed by atoms with Gasteiger partial charge >= 0.3 is 0 Å². The molecule has 1 aromatic carbocycles. The first-order valence-electron chi connectivity index (χ1n) is 10.1. The zero-order chi connectivity index (χ0) is 19.3. The monoisotopic (exact) mass is 378 g/mol. The molecule has 1 unspecified atom stereocenters. The summed E-state index contributed by atoms with van der Waals surface area (Å²) in [5.74, 6) is 0.865. The minimum atomic E-state index is -0.215. The largest absolute Gasteiger partial charge is 0.339 e. The predicted octanol–water partition coefficient (Wildman–Crippen LogP) is 2.72. The number of rotatable bonds is 5. The molecule has 146 valence electrons. The average Bonchev–Trinajstić information content (AvgIpc) is 3.42. The Morgan fingerprint density at radius 2 is 1.89 bits per heavy atom. The molecule has 0 bridgehead atoms. The molecule has 6 nitrogen and oxygen atoms in total. The highest BCUT2D eigenvalue weighted by Crippen LogP contribution is 2.17. The molecular weight excluding hydrogens is 352 g/mol. The number of likely N-dealkylation sites (tertiary alicyclic amines) is 1. The highest BCUT2D eigenvalue weighted by Gasteiger charge is 2.20. The number of aromatic nitrogens is 1. The summed E-state index contributed by atoms with van der Waals surface area (Å²) in [5, 5.41) is 6.19. The molecule has 2 amide bonds. The SMILES string of the molecule is O=C(Nc1cc(C(=O)N2CCCC2)ccn1)c1ccc(CC2CCNC2)cc1. The number of benzene rings is 1. The summed E-state index contributed by atoms with van der Waals surface area (Å²) >= 11 is 0. The highest BCUT2D eigenvalue weighted by molar-refractivity contribution is 6.04. The van der Waals surface area contributed by atoms with Gasteiger partial charge in [0.1, 0.15) is 5.82 Å². The Morgan fingerprint density at radius 3 is 2.61 bits per heavy atom. The summed E-state index contributed by atoms with van der Waals surface area (Å²) in [7, 11) is 0. The van der Waals surface area contributed by atoms with Gasteiger partial charge < -0.3 is 15.5 Å². The van der Waals surface area contributed by atoms with E-state index < -0.39 is 0 Å². The van der Waals surface area contributed by atoms with Crippen molar-refractivity contribution in [3.63, 3.8) is 0 Å². The Labute approximate surface area is 165 Å². The van der Waals surface area contributed by atoms with Crippen LogP contribution in [0.25, 0.3) is 0 Å². The fraction of sp³-hybridized carbons (Fsp3) is 0.409. The van der Waals surface area contributed by atoms with E-state index in [1.807, 2.05) is 29.2 Å². The van der Waals surface area contributed by atoms with Gasteiger partial charge in [-0.15, -0.1) is 0 Å². The van der Waals surface area contributed by atoms with Crippen LogP contribution in [0.5, 0.6) is 0 Å². The second-order valence-electron chi connectivity index (χ2n) is 7.64. The zero-order valence-electron chi connectivity index (χ0n) is 16.0. The molecule has 1 aromatic heterocycles. The third kappa shape index (κ3) is 4.39. The van der Waals surface area contributed by atoms with Gasteiger partial charge in [-0.25, -0.2) is 4.98 Å². The lowest BCUT2D eigenvalue weighted by Gasteiger charge is -2.15. The molecule has 2 saturated heterocycles. The van der Waals surface area contributed by atoms with E-state index >= 15 is 0 Å². The van der Waals surface area contributed by atoms with Gasteiger partial charge in [0, 0.05) is 30.4 Å². The van der Waals surface area contributed by atoms with Gasteiger partial charge in [-0.3, -0.25) is 9.59 Å². The molecule has 0 radical (unpaired) electrons. The van der Waals surface area contributed by atoms with E-state index in [4.69, 9.17) is 0 Å². The van der Waals surface area contributed by atoms with E-state index in [2.05, 4.69) is 15.6 Å². The molecule has 2 N–H and O–H groups in total. The zero-order valence-corrected chi connectivity index (χ0v) is 16.0. The lowest BCUT2D eigenvalue weighted by Crippen LogP contribution is -2.27. The fourth-order valence-corrected chi connectivity index (χ4v) is 3.94. The lowest BCUT2D eigenvalue weighted by atomic mass is 9.98. The first kappa shape index (κ1) is 18.6. The summed E-state index contributed by atoms with van der Waals surface area (Å²) < 4.78 is 0. The lowest BCUT2D eigenvalue weighted by molar-refractivity contribution is 0.0792. The molecule has 1 atom stereocenters. The van der Waals surface area contributed by atoms with Crippen molar-refractivity contribution in [1.82, 2.24) is 15.2 Å². The number of carbonyl (C=O) groups excluding carboxylic acids is 2. The highest BCUT2D eigenvalue weighted by atomic mass is 16.2. The summed E-state index contributed by atoms with van der Waals surface area (Å²) in [6.07, 6.45) is 5.91. The summed E-state index contributed by atoms with van der Waals surface area (Å²) in [5.41, 5.74) is 2.40. The number of carbonyl (C=O) groups is 2. The standard InChI is InChI=1S/C22H26N4O2/c27-21(18-5-3-16(4-6-18)13-17-7-9-23-15-17)25-20-14-19(8-10-24-20)22(28)26-11-1-2-12-26/h3-6,8,10,14,17,23H,1-2,7,9,11-13,15H2,(H,24,25,27). The third-order valence-corrected chi connectivity index (χ3v) is 5.54. The molecule has 2 fully saturated rings. The molecule has 3 heterocycles. The van der Waals surface area contributed by atoms with Crippen molar-refractivity contribution < 1.29 is 9.59 Å². The Kier molecular flexibility index (Phi) is 5.67. The summed E-state index contributed by atoms with van der Waals surface area (Å²) in [6.45, 7) is 3.76. The van der Waals surface area contributed by atoms with Crippen LogP contribution >= 0.6 is 0 Å². The van der Waals surface area contributed by atoms with Crippen molar-refractivity contribution in [3.8, 4) is 0 Å². The van der Waals surface area contributed by atoms with E-state index in [1.165, 1.54) is 12.0 Å². The van der Waals surface area contributed by atoms with Crippen LogP contribution < -0.4 is 10.6 Å². The van der Waals surface area contributed by atoms with Gasteiger partial charge in [-0.1, -0.05) is 12.1 Å².